The van der Waals surface area contributed by atoms with Gasteiger partial charge in [-0.15, -0.1) is 10.2 Å². The number of amides is 1. The largest absolute Gasteiger partial charge is 0.417 e. The van der Waals surface area contributed by atoms with Gasteiger partial charge in [0.2, 0.25) is 0 Å². The van der Waals surface area contributed by atoms with Crippen molar-refractivity contribution < 1.29 is 27.1 Å². The lowest BCUT2D eigenvalue weighted by molar-refractivity contribution is -0.137. The average Bonchev–Trinajstić information content (AvgIpc) is 3.16. The summed E-state index contributed by atoms with van der Waals surface area (Å²) < 4.78 is 60.4. The lowest BCUT2D eigenvalue weighted by Crippen LogP contribution is -2.56. The van der Waals surface area contributed by atoms with Crippen LogP contribution in [0.2, 0.25) is 5.02 Å². The van der Waals surface area contributed by atoms with Gasteiger partial charge in [0.05, 0.1) is 41.6 Å². The van der Waals surface area contributed by atoms with Crippen LogP contribution in [0.5, 0.6) is 0 Å². The Labute approximate surface area is 183 Å². The fourth-order valence-electron chi connectivity index (χ4n) is 4.08. The number of pyridine rings is 1. The van der Waals surface area contributed by atoms with Crippen molar-refractivity contribution >= 4 is 17.5 Å². The van der Waals surface area contributed by atoms with Gasteiger partial charge in [-0.05, 0) is 24.3 Å². The van der Waals surface area contributed by atoms with Crippen LogP contribution in [0.15, 0.2) is 36.5 Å². The van der Waals surface area contributed by atoms with E-state index in [9.17, 15) is 22.4 Å². The van der Waals surface area contributed by atoms with Gasteiger partial charge in [-0.2, -0.15) is 13.2 Å². The first-order chi connectivity index (χ1) is 15.3. The van der Waals surface area contributed by atoms with E-state index in [1.807, 2.05) is 0 Å². The van der Waals surface area contributed by atoms with Gasteiger partial charge in [-0.3, -0.25) is 4.79 Å². The number of alkyl halides is 3. The number of ether oxygens (including phenoxy) is 1. The number of hydrogen-bond donors (Lipinski definition) is 0. The molecule has 5 rings (SSSR count). The summed E-state index contributed by atoms with van der Waals surface area (Å²) in [5, 5.41) is 7.68. The van der Waals surface area contributed by atoms with Gasteiger partial charge < -0.3 is 14.2 Å². The fraction of sp³-hybridized carbons (Fsp3) is 0.300. The van der Waals surface area contributed by atoms with E-state index in [2.05, 4.69) is 15.2 Å². The van der Waals surface area contributed by atoms with E-state index in [0.29, 0.717) is 17.3 Å². The third-order valence-corrected chi connectivity index (χ3v) is 5.92. The van der Waals surface area contributed by atoms with E-state index in [1.54, 1.807) is 4.57 Å². The molecule has 0 saturated carbocycles. The second-order valence-electron chi connectivity index (χ2n) is 7.44. The molecular weight excluding hydrogens is 454 g/mol. The molecular formula is C20H14ClF4N5O2. The Hall–Kier alpha value is -3.05. The third-order valence-electron chi connectivity index (χ3n) is 5.51. The second kappa shape index (κ2) is 7.52. The molecule has 166 valence electrons. The molecule has 32 heavy (non-hydrogen) atoms. The molecule has 2 atom stereocenters. The number of benzene rings is 1. The Kier molecular flexibility index (Phi) is 4.90. The van der Waals surface area contributed by atoms with Crippen LogP contribution in [0, 0.1) is 5.82 Å². The van der Waals surface area contributed by atoms with Crippen LogP contribution < -0.4 is 0 Å². The van der Waals surface area contributed by atoms with E-state index < -0.39 is 40.6 Å². The molecule has 0 aliphatic carbocycles. The van der Waals surface area contributed by atoms with Crippen LogP contribution in [0.1, 0.15) is 27.8 Å². The van der Waals surface area contributed by atoms with Crippen LogP contribution in [-0.4, -0.2) is 49.8 Å². The molecule has 2 aliphatic rings. The first-order valence-electron chi connectivity index (χ1n) is 9.57. The highest BCUT2D eigenvalue weighted by atomic mass is 35.5. The number of rotatable bonds is 2. The first kappa shape index (κ1) is 20.8. The minimum atomic E-state index is -4.69. The highest BCUT2D eigenvalue weighted by Gasteiger charge is 2.45. The van der Waals surface area contributed by atoms with Gasteiger partial charge >= 0.3 is 6.18 Å². The molecule has 2 unspecified atom stereocenters. The minimum Gasteiger partial charge on any atom is -0.377 e. The summed E-state index contributed by atoms with van der Waals surface area (Å²) in [6.45, 7) is 0.496. The number of hydrogen-bond acceptors (Lipinski definition) is 5. The molecule has 0 spiro atoms. The van der Waals surface area contributed by atoms with Crippen molar-refractivity contribution in [1.29, 1.82) is 0 Å². The van der Waals surface area contributed by atoms with Crippen molar-refractivity contribution in [2.24, 2.45) is 0 Å². The van der Waals surface area contributed by atoms with Gasteiger partial charge in [0.25, 0.3) is 5.91 Å². The monoisotopic (exact) mass is 467 g/mol. The predicted molar refractivity (Wildman–Crippen MR) is 103 cm³/mol. The van der Waals surface area contributed by atoms with Crippen molar-refractivity contribution in [3.63, 3.8) is 0 Å². The Morgan fingerprint density at radius 1 is 1.16 bits per heavy atom. The quantitative estimate of drug-likeness (QED) is 0.537. The zero-order valence-corrected chi connectivity index (χ0v) is 16.9. The molecule has 7 nitrogen and oxygen atoms in total. The number of nitrogens with zero attached hydrogens (tertiary/aromatic N) is 5. The van der Waals surface area contributed by atoms with E-state index in [-0.39, 0.29) is 25.3 Å². The summed E-state index contributed by atoms with van der Waals surface area (Å²) >= 11 is 5.99. The maximum atomic E-state index is 13.3. The molecule has 1 fully saturated rings. The summed E-state index contributed by atoms with van der Waals surface area (Å²) in [5.41, 5.74) is -0.909. The minimum absolute atomic E-state index is 0.0911. The van der Waals surface area contributed by atoms with Crippen LogP contribution >= 0.6 is 11.6 Å². The molecule has 4 heterocycles. The molecule has 2 aliphatic heterocycles. The Balaban J connectivity index is 1.54. The maximum Gasteiger partial charge on any atom is 0.417 e. The van der Waals surface area contributed by atoms with E-state index in [0.717, 1.165) is 18.3 Å². The van der Waals surface area contributed by atoms with E-state index in [4.69, 9.17) is 16.3 Å². The molecule has 1 saturated heterocycles. The van der Waals surface area contributed by atoms with E-state index >= 15 is 0 Å². The van der Waals surface area contributed by atoms with Gasteiger partial charge in [0, 0.05) is 6.54 Å². The Morgan fingerprint density at radius 2 is 1.97 bits per heavy atom. The van der Waals surface area contributed by atoms with E-state index in [1.165, 1.54) is 23.1 Å². The molecule has 1 aromatic carbocycles. The lowest BCUT2D eigenvalue weighted by Gasteiger charge is -2.45. The number of carbonyl (C=O) groups is 1. The maximum absolute atomic E-state index is 13.3. The summed E-state index contributed by atoms with van der Waals surface area (Å²) in [5.74, 6) is -0.332. The molecule has 2 bridgehead atoms. The van der Waals surface area contributed by atoms with Crippen LogP contribution in [0.25, 0.3) is 11.5 Å². The zero-order valence-electron chi connectivity index (χ0n) is 16.2. The average molecular weight is 468 g/mol. The third kappa shape index (κ3) is 3.32. The SMILES string of the molecule is O=C(c1cccc(C(F)(F)F)c1Cl)N1C2COCC1c1nnc(-c3ccc(F)cn3)n1C2. The Bertz CT molecular complexity index is 1200. The zero-order chi connectivity index (χ0) is 22.6. The standard InChI is InChI=1S/C20H14ClF4N5O2/c21-16-12(2-1-3-13(16)20(23,24)25)19(31)30-11-7-29-17(14-5-4-10(22)6-26-14)27-28-18(29)15(30)9-32-8-11/h1-6,11,15H,7-9H2. The lowest BCUT2D eigenvalue weighted by atomic mass is 10.0. The number of carbonyl (C=O) groups excluding carboxylic acids is 1. The predicted octanol–water partition coefficient (Wildman–Crippen LogP) is 3.75. The second-order valence-corrected chi connectivity index (χ2v) is 7.82. The van der Waals surface area contributed by atoms with Crippen molar-refractivity contribution in [2.75, 3.05) is 13.2 Å². The molecule has 2 aromatic heterocycles. The van der Waals surface area contributed by atoms with Crippen molar-refractivity contribution in [1.82, 2.24) is 24.6 Å². The van der Waals surface area contributed by atoms with Crippen LogP contribution in [0.4, 0.5) is 17.6 Å². The van der Waals surface area contributed by atoms with Crippen molar-refractivity contribution in [2.45, 2.75) is 24.8 Å². The van der Waals surface area contributed by atoms with Crippen molar-refractivity contribution in [3.8, 4) is 11.5 Å². The van der Waals surface area contributed by atoms with Crippen molar-refractivity contribution in [3.05, 3.63) is 64.3 Å². The highest BCUT2D eigenvalue weighted by Crippen LogP contribution is 2.39. The van der Waals surface area contributed by atoms with Gasteiger partial charge in [0.1, 0.15) is 17.6 Å². The van der Waals surface area contributed by atoms with Gasteiger partial charge in [-0.25, -0.2) is 9.37 Å². The summed E-state index contributed by atoms with van der Waals surface area (Å²) in [4.78, 5) is 18.8. The number of morpholine rings is 1. The molecule has 1 amide bonds. The van der Waals surface area contributed by atoms with Gasteiger partial charge in [0.15, 0.2) is 11.6 Å². The molecule has 0 N–H and O–H groups in total. The summed E-state index contributed by atoms with van der Waals surface area (Å²) in [6.07, 6.45) is -3.62. The van der Waals surface area contributed by atoms with Gasteiger partial charge in [-0.1, -0.05) is 17.7 Å². The summed E-state index contributed by atoms with van der Waals surface area (Å²) in [6, 6.07) is 4.80. The number of fused-ring (bicyclic) bond motifs is 4. The van der Waals surface area contributed by atoms with Crippen LogP contribution in [-0.2, 0) is 17.5 Å². The highest BCUT2D eigenvalue weighted by molar-refractivity contribution is 6.34. The number of halogens is 5. The molecule has 3 aromatic rings. The normalized spacial score (nSPS) is 20.2. The topological polar surface area (TPSA) is 73.1 Å². The summed E-state index contributed by atoms with van der Waals surface area (Å²) in [7, 11) is 0. The Morgan fingerprint density at radius 3 is 2.69 bits per heavy atom. The smallest absolute Gasteiger partial charge is 0.377 e. The van der Waals surface area contributed by atoms with Crippen LogP contribution in [0.3, 0.4) is 0 Å². The number of aromatic nitrogens is 4. The molecule has 0 radical (unpaired) electrons. The molecule has 12 heteroatoms. The first-order valence-corrected chi connectivity index (χ1v) is 9.94. The fourth-order valence-corrected chi connectivity index (χ4v) is 4.40.